The van der Waals surface area contributed by atoms with Gasteiger partial charge in [-0.2, -0.15) is 0 Å². The molecular formula is C20H18N2O2S. The molecular weight excluding hydrogens is 332 g/mol. The fourth-order valence-corrected chi connectivity index (χ4v) is 4.12. The van der Waals surface area contributed by atoms with Crippen LogP contribution >= 0.6 is 11.3 Å². The third kappa shape index (κ3) is 3.03. The van der Waals surface area contributed by atoms with Gasteiger partial charge in [0.25, 0.3) is 0 Å². The van der Waals surface area contributed by atoms with E-state index in [1.807, 2.05) is 12.1 Å². The summed E-state index contributed by atoms with van der Waals surface area (Å²) in [7, 11) is 0. The molecule has 2 heterocycles. The van der Waals surface area contributed by atoms with Crippen molar-refractivity contribution < 1.29 is 9.90 Å². The quantitative estimate of drug-likeness (QED) is 0.755. The van der Waals surface area contributed by atoms with Crippen LogP contribution in [0.25, 0.3) is 10.6 Å². The number of carboxylic acids is 1. The number of fused-ring (bicyclic) bond motifs is 1. The number of aromatic carboxylic acids is 1. The summed E-state index contributed by atoms with van der Waals surface area (Å²) in [4.78, 5) is 17.6. The number of nitrogens with zero attached hydrogens (tertiary/aromatic N) is 2. The second kappa shape index (κ2) is 6.33. The minimum Gasteiger partial charge on any atom is -0.476 e. The number of benzene rings is 2. The molecule has 4 nitrogen and oxygen atoms in total. The molecule has 5 heteroatoms. The second-order valence-electron chi connectivity index (χ2n) is 6.35. The van der Waals surface area contributed by atoms with Crippen LogP contribution in [0.3, 0.4) is 0 Å². The molecule has 0 aliphatic carbocycles. The molecule has 0 fully saturated rings. The standard InChI is InChI=1S/C20H18N2O2S/c1-13-10-16-4-2-3-5-18(16)22(13)11-14-6-8-15(9-7-14)19-21-17(12-25-19)20(23)24/h2-9,12-13H,10-11H2,1H3,(H,23,24). The SMILES string of the molecule is CC1Cc2ccccc2N1Cc1ccc(-c2nc(C(=O)O)cs2)cc1. The molecule has 1 aliphatic rings. The molecule has 0 amide bonds. The molecule has 0 spiro atoms. The predicted octanol–water partition coefficient (Wildman–Crippen LogP) is 4.46. The van der Waals surface area contributed by atoms with E-state index in [0.29, 0.717) is 6.04 Å². The summed E-state index contributed by atoms with van der Waals surface area (Å²) >= 11 is 1.36. The number of carboxylic acid groups (broad SMARTS) is 1. The Hall–Kier alpha value is -2.66. The van der Waals surface area contributed by atoms with Gasteiger partial charge < -0.3 is 10.0 Å². The smallest absolute Gasteiger partial charge is 0.355 e. The van der Waals surface area contributed by atoms with Crippen molar-refractivity contribution in [2.45, 2.75) is 25.9 Å². The molecule has 1 aromatic heterocycles. The summed E-state index contributed by atoms with van der Waals surface area (Å²) in [5, 5.41) is 11.3. The molecule has 25 heavy (non-hydrogen) atoms. The highest BCUT2D eigenvalue weighted by Crippen LogP contribution is 2.33. The first-order valence-corrected chi connectivity index (χ1v) is 9.12. The molecule has 1 aliphatic heterocycles. The molecule has 2 aromatic carbocycles. The van der Waals surface area contributed by atoms with Crippen LogP contribution in [0.5, 0.6) is 0 Å². The Morgan fingerprint density at radius 1 is 1.24 bits per heavy atom. The molecule has 0 radical (unpaired) electrons. The predicted molar refractivity (Wildman–Crippen MR) is 100 cm³/mol. The minimum atomic E-state index is -0.985. The number of aromatic nitrogens is 1. The van der Waals surface area contributed by atoms with Gasteiger partial charge in [-0.25, -0.2) is 9.78 Å². The van der Waals surface area contributed by atoms with Crippen LogP contribution in [-0.2, 0) is 13.0 Å². The maximum absolute atomic E-state index is 11.0. The summed E-state index contributed by atoms with van der Waals surface area (Å²) < 4.78 is 0. The van der Waals surface area contributed by atoms with Gasteiger partial charge in [0.2, 0.25) is 0 Å². The first kappa shape index (κ1) is 15.8. The van der Waals surface area contributed by atoms with E-state index in [-0.39, 0.29) is 5.69 Å². The van der Waals surface area contributed by atoms with Gasteiger partial charge in [0.1, 0.15) is 5.01 Å². The Labute approximate surface area is 150 Å². The van der Waals surface area contributed by atoms with Crippen molar-refractivity contribution >= 4 is 23.0 Å². The highest BCUT2D eigenvalue weighted by molar-refractivity contribution is 7.13. The van der Waals surface area contributed by atoms with Gasteiger partial charge in [-0.3, -0.25) is 0 Å². The van der Waals surface area contributed by atoms with Crippen molar-refractivity contribution in [3.8, 4) is 10.6 Å². The van der Waals surface area contributed by atoms with Crippen molar-refractivity contribution in [1.82, 2.24) is 4.98 Å². The van der Waals surface area contributed by atoms with E-state index in [4.69, 9.17) is 5.11 Å². The molecule has 0 saturated heterocycles. The lowest BCUT2D eigenvalue weighted by Gasteiger charge is -2.25. The molecule has 1 N–H and O–H groups in total. The zero-order valence-corrected chi connectivity index (χ0v) is 14.7. The molecule has 1 unspecified atom stereocenters. The van der Waals surface area contributed by atoms with Crippen LogP contribution < -0.4 is 4.90 Å². The second-order valence-corrected chi connectivity index (χ2v) is 7.21. The lowest BCUT2D eigenvalue weighted by atomic mass is 10.1. The third-order valence-electron chi connectivity index (χ3n) is 4.63. The lowest BCUT2D eigenvalue weighted by molar-refractivity contribution is 0.0691. The average Bonchev–Trinajstić information content (AvgIpc) is 3.22. The van der Waals surface area contributed by atoms with Crippen molar-refractivity contribution in [3.63, 3.8) is 0 Å². The highest BCUT2D eigenvalue weighted by Gasteiger charge is 2.25. The Kier molecular flexibility index (Phi) is 4.01. The van der Waals surface area contributed by atoms with Gasteiger partial charge in [-0.1, -0.05) is 42.5 Å². The molecule has 0 bridgehead atoms. The van der Waals surface area contributed by atoms with Gasteiger partial charge in [0.15, 0.2) is 5.69 Å². The highest BCUT2D eigenvalue weighted by atomic mass is 32.1. The number of rotatable bonds is 4. The van der Waals surface area contributed by atoms with Crippen LogP contribution in [0, 0.1) is 0 Å². The van der Waals surface area contributed by atoms with Gasteiger partial charge in [-0.05, 0) is 30.5 Å². The fourth-order valence-electron chi connectivity index (χ4n) is 3.32. The Morgan fingerprint density at radius 3 is 2.72 bits per heavy atom. The first-order valence-electron chi connectivity index (χ1n) is 8.24. The molecule has 3 aromatic rings. The van der Waals surface area contributed by atoms with Crippen LogP contribution in [-0.4, -0.2) is 22.1 Å². The Bertz CT molecular complexity index is 917. The zero-order chi connectivity index (χ0) is 17.4. The fraction of sp³-hybridized carbons (Fsp3) is 0.200. The van der Waals surface area contributed by atoms with Crippen LogP contribution in [0.2, 0.25) is 0 Å². The molecule has 126 valence electrons. The largest absolute Gasteiger partial charge is 0.476 e. The van der Waals surface area contributed by atoms with Crippen molar-refractivity contribution in [3.05, 3.63) is 70.7 Å². The summed E-state index contributed by atoms with van der Waals surface area (Å²) in [5.74, 6) is -0.985. The normalized spacial score (nSPS) is 16.0. The van der Waals surface area contributed by atoms with Crippen LogP contribution in [0.4, 0.5) is 5.69 Å². The Morgan fingerprint density at radius 2 is 2.00 bits per heavy atom. The zero-order valence-electron chi connectivity index (χ0n) is 13.8. The van der Waals surface area contributed by atoms with Crippen molar-refractivity contribution in [2.24, 2.45) is 0 Å². The van der Waals surface area contributed by atoms with Crippen molar-refractivity contribution in [2.75, 3.05) is 4.90 Å². The summed E-state index contributed by atoms with van der Waals surface area (Å²) in [6.45, 7) is 3.13. The van der Waals surface area contributed by atoms with Gasteiger partial charge in [0.05, 0.1) is 0 Å². The van der Waals surface area contributed by atoms with Gasteiger partial charge >= 0.3 is 5.97 Å². The van der Waals surface area contributed by atoms with E-state index >= 15 is 0 Å². The van der Waals surface area contributed by atoms with Crippen LogP contribution in [0.1, 0.15) is 28.5 Å². The number of thiazole rings is 1. The van der Waals surface area contributed by atoms with E-state index in [1.54, 1.807) is 5.38 Å². The monoisotopic (exact) mass is 350 g/mol. The summed E-state index contributed by atoms with van der Waals surface area (Å²) in [6, 6.07) is 17.3. The number of anilines is 1. The van der Waals surface area contributed by atoms with Crippen LogP contribution in [0.15, 0.2) is 53.9 Å². The topological polar surface area (TPSA) is 53.4 Å². The number of carbonyl (C=O) groups is 1. The third-order valence-corrected chi connectivity index (χ3v) is 5.52. The van der Waals surface area contributed by atoms with E-state index in [9.17, 15) is 4.79 Å². The number of hydrogen-bond donors (Lipinski definition) is 1. The average molecular weight is 350 g/mol. The lowest BCUT2D eigenvalue weighted by Crippen LogP contribution is -2.28. The Balaban J connectivity index is 1.54. The number of para-hydroxylation sites is 1. The first-order chi connectivity index (χ1) is 12.1. The number of hydrogen-bond acceptors (Lipinski definition) is 4. The molecule has 4 rings (SSSR count). The van der Waals surface area contributed by atoms with Gasteiger partial charge in [0, 0.05) is 29.2 Å². The molecule has 1 atom stereocenters. The van der Waals surface area contributed by atoms with Crippen molar-refractivity contribution in [1.29, 1.82) is 0 Å². The van der Waals surface area contributed by atoms with Gasteiger partial charge in [-0.15, -0.1) is 11.3 Å². The summed E-state index contributed by atoms with van der Waals surface area (Å²) in [5.41, 5.74) is 5.03. The van der Waals surface area contributed by atoms with E-state index in [1.165, 1.54) is 28.2 Å². The maximum atomic E-state index is 11.0. The minimum absolute atomic E-state index is 0.103. The molecule has 0 saturated carbocycles. The van der Waals surface area contributed by atoms with E-state index < -0.39 is 5.97 Å². The maximum Gasteiger partial charge on any atom is 0.355 e. The van der Waals surface area contributed by atoms with E-state index in [0.717, 1.165) is 23.5 Å². The summed E-state index contributed by atoms with van der Waals surface area (Å²) in [6.07, 6.45) is 1.09. The van der Waals surface area contributed by atoms with E-state index in [2.05, 4.69) is 53.2 Å².